The lowest BCUT2D eigenvalue weighted by Crippen LogP contribution is -2.35. The van der Waals surface area contributed by atoms with Gasteiger partial charge in [-0.15, -0.1) is 0 Å². The summed E-state index contributed by atoms with van der Waals surface area (Å²) in [6.07, 6.45) is 0.992. The second-order valence-electron chi connectivity index (χ2n) is 6.93. The minimum Gasteiger partial charge on any atom is -0.497 e. The van der Waals surface area contributed by atoms with Crippen LogP contribution in [0.2, 0.25) is 0 Å². The van der Waals surface area contributed by atoms with Crippen LogP contribution < -0.4 is 14.2 Å². The second kappa shape index (κ2) is 11.3. The van der Waals surface area contributed by atoms with E-state index >= 15 is 0 Å². The van der Waals surface area contributed by atoms with Crippen LogP contribution in [0.5, 0.6) is 17.2 Å². The molecule has 2 aromatic carbocycles. The number of furan rings is 1. The van der Waals surface area contributed by atoms with E-state index < -0.39 is 6.10 Å². The Labute approximate surface area is 177 Å². The van der Waals surface area contributed by atoms with Crippen LogP contribution in [0.25, 0.3) is 0 Å². The zero-order valence-corrected chi connectivity index (χ0v) is 17.5. The van der Waals surface area contributed by atoms with E-state index in [2.05, 4.69) is 4.90 Å². The maximum Gasteiger partial charge on any atom is 0.123 e. The highest BCUT2D eigenvalue weighted by molar-refractivity contribution is 5.33. The van der Waals surface area contributed by atoms with Gasteiger partial charge in [-0.3, -0.25) is 4.90 Å². The zero-order chi connectivity index (χ0) is 21.2. The van der Waals surface area contributed by atoms with E-state index in [0.717, 1.165) is 22.8 Å². The van der Waals surface area contributed by atoms with Crippen LogP contribution in [-0.2, 0) is 13.1 Å². The molecule has 0 saturated heterocycles. The number of rotatable bonds is 12. The third kappa shape index (κ3) is 6.54. The summed E-state index contributed by atoms with van der Waals surface area (Å²) < 4.78 is 22.2. The maximum atomic E-state index is 10.6. The predicted molar refractivity (Wildman–Crippen MR) is 115 cm³/mol. The highest BCUT2D eigenvalue weighted by Gasteiger charge is 2.17. The molecule has 0 saturated carbocycles. The van der Waals surface area contributed by atoms with Crippen molar-refractivity contribution in [1.82, 2.24) is 4.90 Å². The van der Waals surface area contributed by atoms with Gasteiger partial charge in [-0.2, -0.15) is 0 Å². The molecule has 160 valence electrons. The van der Waals surface area contributed by atoms with E-state index in [1.54, 1.807) is 13.4 Å². The Bertz CT molecular complexity index is 864. The molecule has 1 aromatic heterocycles. The van der Waals surface area contributed by atoms with Crippen molar-refractivity contribution in [3.05, 3.63) is 78.3 Å². The average molecular weight is 411 g/mol. The number of aliphatic hydroxyl groups excluding tert-OH is 1. The summed E-state index contributed by atoms with van der Waals surface area (Å²) in [4.78, 5) is 2.12. The normalized spacial score (nSPS) is 12.0. The van der Waals surface area contributed by atoms with Crippen molar-refractivity contribution < 1.29 is 23.7 Å². The van der Waals surface area contributed by atoms with E-state index in [4.69, 9.17) is 18.6 Å². The third-order valence-corrected chi connectivity index (χ3v) is 4.60. The Hall–Kier alpha value is -2.96. The third-order valence-electron chi connectivity index (χ3n) is 4.60. The average Bonchev–Trinajstić information content (AvgIpc) is 3.27. The Balaban J connectivity index is 1.63. The predicted octanol–water partition coefficient (Wildman–Crippen LogP) is 4.13. The molecule has 1 N–H and O–H groups in total. The maximum absolute atomic E-state index is 10.6. The van der Waals surface area contributed by atoms with E-state index in [1.807, 2.05) is 67.6 Å². The summed E-state index contributed by atoms with van der Waals surface area (Å²) in [7, 11) is 1.62. The molecule has 1 unspecified atom stereocenters. The Morgan fingerprint density at radius 3 is 2.40 bits per heavy atom. The molecule has 0 radical (unpaired) electrons. The van der Waals surface area contributed by atoms with Crippen LogP contribution in [0.4, 0.5) is 0 Å². The van der Waals surface area contributed by atoms with Gasteiger partial charge in [0.15, 0.2) is 0 Å². The van der Waals surface area contributed by atoms with E-state index in [9.17, 15) is 5.11 Å². The lowest BCUT2D eigenvalue weighted by Gasteiger charge is -2.25. The fraction of sp³-hybridized carbons (Fsp3) is 0.333. The number of para-hydroxylation sites is 1. The monoisotopic (exact) mass is 411 g/mol. The van der Waals surface area contributed by atoms with Gasteiger partial charge in [-0.05, 0) is 49.4 Å². The van der Waals surface area contributed by atoms with Crippen molar-refractivity contribution in [2.75, 3.05) is 26.9 Å². The molecule has 0 aliphatic heterocycles. The summed E-state index contributed by atoms with van der Waals surface area (Å²) in [5, 5.41) is 10.6. The standard InChI is InChI=1S/C24H29NO5/c1-3-28-24-9-5-4-7-19(24)15-25(17-23-8-6-14-29-23)16-20(26)18-30-22-12-10-21(27-2)11-13-22/h4-14,20,26H,3,15-18H2,1-2H3. The molecule has 6 heteroatoms. The lowest BCUT2D eigenvalue weighted by atomic mass is 10.1. The smallest absolute Gasteiger partial charge is 0.123 e. The van der Waals surface area contributed by atoms with Gasteiger partial charge in [0.1, 0.15) is 35.7 Å². The highest BCUT2D eigenvalue weighted by Crippen LogP contribution is 2.22. The highest BCUT2D eigenvalue weighted by atomic mass is 16.5. The molecule has 0 spiro atoms. The first-order valence-corrected chi connectivity index (χ1v) is 10.1. The minimum atomic E-state index is -0.665. The molecule has 0 aliphatic rings. The van der Waals surface area contributed by atoms with Gasteiger partial charge in [-0.25, -0.2) is 0 Å². The molecule has 1 atom stereocenters. The molecular weight excluding hydrogens is 382 g/mol. The molecule has 3 aromatic rings. The van der Waals surface area contributed by atoms with E-state index in [0.29, 0.717) is 32.0 Å². The number of benzene rings is 2. The SMILES string of the molecule is CCOc1ccccc1CN(Cc1ccco1)CC(O)COc1ccc(OC)cc1. The van der Waals surface area contributed by atoms with E-state index in [-0.39, 0.29) is 6.61 Å². The van der Waals surface area contributed by atoms with Crippen molar-refractivity contribution in [2.45, 2.75) is 26.1 Å². The molecular formula is C24H29NO5. The van der Waals surface area contributed by atoms with Crippen LogP contribution in [-0.4, -0.2) is 43.0 Å². The Morgan fingerprint density at radius 1 is 0.933 bits per heavy atom. The van der Waals surface area contributed by atoms with Crippen molar-refractivity contribution in [3.8, 4) is 17.2 Å². The Morgan fingerprint density at radius 2 is 1.70 bits per heavy atom. The van der Waals surface area contributed by atoms with Gasteiger partial charge in [0.05, 0.1) is 26.5 Å². The van der Waals surface area contributed by atoms with E-state index in [1.165, 1.54) is 0 Å². The minimum absolute atomic E-state index is 0.189. The number of methoxy groups -OCH3 is 1. The molecule has 30 heavy (non-hydrogen) atoms. The summed E-state index contributed by atoms with van der Waals surface area (Å²) in [6.45, 7) is 4.39. The Kier molecular flexibility index (Phi) is 8.18. The van der Waals surface area contributed by atoms with Gasteiger partial charge >= 0.3 is 0 Å². The molecule has 0 aliphatic carbocycles. The number of hydrogen-bond donors (Lipinski definition) is 1. The fourth-order valence-corrected chi connectivity index (χ4v) is 3.19. The molecule has 1 heterocycles. The first-order valence-electron chi connectivity index (χ1n) is 10.1. The molecule has 3 rings (SSSR count). The molecule has 0 amide bonds. The molecule has 0 fully saturated rings. The lowest BCUT2D eigenvalue weighted by molar-refractivity contribution is 0.0601. The first kappa shape index (κ1) is 21.7. The fourth-order valence-electron chi connectivity index (χ4n) is 3.19. The van der Waals surface area contributed by atoms with Gasteiger partial charge in [0, 0.05) is 18.7 Å². The number of nitrogens with zero attached hydrogens (tertiary/aromatic N) is 1. The summed E-state index contributed by atoms with van der Waals surface area (Å²) in [5.41, 5.74) is 1.06. The van der Waals surface area contributed by atoms with Crippen LogP contribution in [0.1, 0.15) is 18.2 Å². The number of hydrogen-bond acceptors (Lipinski definition) is 6. The number of ether oxygens (including phenoxy) is 3. The number of aliphatic hydroxyl groups is 1. The van der Waals surface area contributed by atoms with Crippen LogP contribution >= 0.6 is 0 Å². The van der Waals surface area contributed by atoms with Gasteiger partial charge < -0.3 is 23.7 Å². The summed E-state index contributed by atoms with van der Waals surface area (Å²) in [5.74, 6) is 3.15. The molecule has 0 bridgehead atoms. The summed E-state index contributed by atoms with van der Waals surface area (Å²) in [6, 6.07) is 19.1. The molecule has 6 nitrogen and oxygen atoms in total. The van der Waals surface area contributed by atoms with Gasteiger partial charge in [-0.1, -0.05) is 18.2 Å². The largest absolute Gasteiger partial charge is 0.497 e. The van der Waals surface area contributed by atoms with Crippen molar-refractivity contribution in [3.63, 3.8) is 0 Å². The second-order valence-corrected chi connectivity index (χ2v) is 6.93. The van der Waals surface area contributed by atoms with Crippen LogP contribution in [0.15, 0.2) is 71.3 Å². The zero-order valence-electron chi connectivity index (χ0n) is 17.5. The van der Waals surface area contributed by atoms with Crippen LogP contribution in [0.3, 0.4) is 0 Å². The first-order chi connectivity index (χ1) is 14.7. The summed E-state index contributed by atoms with van der Waals surface area (Å²) >= 11 is 0. The van der Waals surface area contributed by atoms with Crippen molar-refractivity contribution in [2.24, 2.45) is 0 Å². The van der Waals surface area contributed by atoms with Crippen molar-refractivity contribution in [1.29, 1.82) is 0 Å². The van der Waals surface area contributed by atoms with Gasteiger partial charge in [0.25, 0.3) is 0 Å². The van der Waals surface area contributed by atoms with Crippen molar-refractivity contribution >= 4 is 0 Å². The van der Waals surface area contributed by atoms with Gasteiger partial charge in [0.2, 0.25) is 0 Å². The quantitative estimate of drug-likeness (QED) is 0.484. The topological polar surface area (TPSA) is 64.3 Å². The van der Waals surface area contributed by atoms with Crippen LogP contribution in [0, 0.1) is 0 Å².